The molecular weight excluding hydrogens is 452 g/mol. The summed E-state index contributed by atoms with van der Waals surface area (Å²) in [6, 6.07) is 34.5. The fourth-order valence-corrected chi connectivity index (χ4v) is 10.9. The molecule has 1 N–H and O–H groups in total. The minimum atomic E-state index is -2.82. The second kappa shape index (κ2) is 11.0. The number of hydrogen-bond donors (Lipinski definition) is 1. The molecule has 0 aliphatic rings. The molecule has 0 spiro atoms. The zero-order valence-electron chi connectivity index (χ0n) is 20.6. The van der Waals surface area contributed by atoms with Gasteiger partial charge in [-0.2, -0.15) is 0 Å². The molecule has 0 bridgehead atoms. The van der Waals surface area contributed by atoms with Gasteiger partial charge in [-0.15, -0.1) is 0 Å². The molecule has 4 heteroatoms. The van der Waals surface area contributed by atoms with E-state index in [1.54, 1.807) is 0 Å². The van der Waals surface area contributed by atoms with Crippen LogP contribution >= 0.6 is 7.26 Å². The predicted octanol–water partition coefficient (Wildman–Crippen LogP) is 6.28. The minimum absolute atomic E-state index is 0.00659. The Labute approximate surface area is 208 Å². The number of benzene rings is 4. The number of halogens is 1. The van der Waals surface area contributed by atoms with Crippen LogP contribution in [0.4, 0.5) is 10.1 Å². The Morgan fingerprint density at radius 3 is 1.54 bits per heavy atom. The molecule has 0 heterocycles. The number of nitrogens with one attached hydrogen (secondary N) is 1. The Morgan fingerprint density at radius 2 is 1.17 bits per heavy atom. The summed E-state index contributed by atoms with van der Waals surface area (Å²) < 4.78 is 14.0. The quantitative estimate of drug-likeness (QED) is 0.293. The Kier molecular flexibility index (Phi) is 7.78. The molecule has 4 aromatic carbocycles. The van der Waals surface area contributed by atoms with Crippen LogP contribution in [0.1, 0.15) is 30.9 Å². The molecule has 0 aliphatic heterocycles. The first kappa shape index (κ1) is 24.8. The number of anilines is 1. The number of hydrogen-bond acceptors (Lipinski definition) is 1. The summed E-state index contributed by atoms with van der Waals surface area (Å²) in [7, 11) is -2.82. The van der Waals surface area contributed by atoms with E-state index in [-0.39, 0.29) is 17.4 Å². The standard InChI is InChI=1S/C31H33FNOP/c1-4-14-29(31(34)33-30-23(2)21-25(32)22-24(30)3)35(26-15-8-5-9-16-26,27-17-10-6-11-18-27)28-19-12-7-13-20-28/h5-13,15-22,29,35H,4,14H2,1-3H3,(H,33,34). The van der Waals surface area contributed by atoms with Crippen LogP contribution in [0.3, 0.4) is 0 Å². The van der Waals surface area contributed by atoms with Crippen molar-refractivity contribution in [2.45, 2.75) is 39.3 Å². The second-order valence-electron chi connectivity index (χ2n) is 9.15. The van der Waals surface area contributed by atoms with Crippen LogP contribution in [0, 0.1) is 19.7 Å². The summed E-state index contributed by atoms with van der Waals surface area (Å²) in [4.78, 5) is 14.3. The van der Waals surface area contributed by atoms with E-state index in [9.17, 15) is 9.18 Å². The summed E-state index contributed by atoms with van der Waals surface area (Å²) in [6.07, 6.45) is 1.62. The molecule has 0 saturated carbocycles. The normalized spacial score (nSPS) is 12.7. The fraction of sp³-hybridized carbons (Fsp3) is 0.194. The van der Waals surface area contributed by atoms with Crippen molar-refractivity contribution in [3.8, 4) is 0 Å². The van der Waals surface area contributed by atoms with E-state index in [1.165, 1.54) is 28.0 Å². The van der Waals surface area contributed by atoms with Crippen molar-refractivity contribution in [3.63, 3.8) is 0 Å². The Bertz CT molecular complexity index is 1160. The van der Waals surface area contributed by atoms with Gasteiger partial charge in [-0.1, -0.05) is 0 Å². The number of rotatable bonds is 8. The molecule has 2 nitrogen and oxygen atoms in total. The fourth-order valence-electron chi connectivity index (χ4n) is 5.36. The van der Waals surface area contributed by atoms with E-state index in [0.717, 1.165) is 24.0 Å². The van der Waals surface area contributed by atoms with Crippen molar-refractivity contribution < 1.29 is 9.18 Å². The maximum absolute atomic E-state index is 14.3. The average Bonchev–Trinajstić information content (AvgIpc) is 2.88. The summed E-state index contributed by atoms with van der Waals surface area (Å²) in [5, 5.41) is 6.86. The molecule has 0 aliphatic carbocycles. The van der Waals surface area contributed by atoms with Gasteiger partial charge in [-0.25, -0.2) is 0 Å². The van der Waals surface area contributed by atoms with Crippen molar-refractivity contribution >= 4 is 34.8 Å². The predicted molar refractivity (Wildman–Crippen MR) is 150 cm³/mol. The maximum atomic E-state index is 14.3. The summed E-state index contributed by atoms with van der Waals surface area (Å²) in [5.41, 5.74) is 1.91. The van der Waals surface area contributed by atoms with E-state index in [2.05, 4.69) is 85.0 Å². The Balaban J connectivity index is 1.97. The van der Waals surface area contributed by atoms with Crippen LogP contribution in [0.25, 0.3) is 0 Å². The first-order valence-electron chi connectivity index (χ1n) is 12.2. The summed E-state index contributed by atoms with van der Waals surface area (Å²) >= 11 is 0. The Morgan fingerprint density at radius 1 is 0.771 bits per heavy atom. The van der Waals surface area contributed by atoms with Gasteiger partial charge in [-0.3, -0.25) is 0 Å². The van der Waals surface area contributed by atoms with Gasteiger partial charge in [0.2, 0.25) is 0 Å². The van der Waals surface area contributed by atoms with Gasteiger partial charge in [0.1, 0.15) is 0 Å². The van der Waals surface area contributed by atoms with Crippen LogP contribution in [-0.4, -0.2) is 11.6 Å². The van der Waals surface area contributed by atoms with Gasteiger partial charge >= 0.3 is 209 Å². The number of aryl methyl sites for hydroxylation is 2. The van der Waals surface area contributed by atoms with E-state index in [1.807, 2.05) is 32.0 Å². The van der Waals surface area contributed by atoms with E-state index in [4.69, 9.17) is 0 Å². The molecule has 1 atom stereocenters. The first-order chi connectivity index (χ1) is 17.0. The topological polar surface area (TPSA) is 29.1 Å². The molecular formula is C31H33FNOP. The zero-order chi connectivity index (χ0) is 24.8. The van der Waals surface area contributed by atoms with Crippen LogP contribution in [0.2, 0.25) is 0 Å². The molecule has 1 unspecified atom stereocenters. The summed E-state index contributed by atoms with van der Waals surface area (Å²) in [5.74, 6) is -0.294. The molecule has 0 saturated heterocycles. The number of carbonyl (C=O) groups excluding carboxylic acids is 1. The van der Waals surface area contributed by atoms with Crippen LogP contribution in [0.15, 0.2) is 103 Å². The molecule has 1 amide bonds. The molecule has 35 heavy (non-hydrogen) atoms. The third kappa shape index (κ3) is 4.92. The van der Waals surface area contributed by atoms with Crippen molar-refractivity contribution in [1.82, 2.24) is 0 Å². The molecule has 180 valence electrons. The third-order valence-electron chi connectivity index (χ3n) is 6.85. The second-order valence-corrected chi connectivity index (χ2v) is 13.2. The van der Waals surface area contributed by atoms with E-state index in [0.29, 0.717) is 5.69 Å². The molecule has 0 fully saturated rings. The molecule has 4 aromatic rings. The summed E-state index contributed by atoms with van der Waals surface area (Å²) in [6.45, 7) is 5.82. The van der Waals surface area contributed by atoms with E-state index >= 15 is 0 Å². The van der Waals surface area contributed by atoms with Crippen LogP contribution in [0.5, 0.6) is 0 Å². The SMILES string of the molecule is CCCC(C(=O)Nc1c(C)cc(F)cc1C)[PH](c1ccccc1)(c1ccccc1)c1ccccc1. The third-order valence-corrected chi connectivity index (χ3v) is 12.2. The van der Waals surface area contributed by atoms with Crippen molar-refractivity contribution in [2.75, 3.05) is 5.32 Å². The zero-order valence-corrected chi connectivity index (χ0v) is 21.6. The number of amides is 1. The van der Waals surface area contributed by atoms with Crippen molar-refractivity contribution in [3.05, 3.63) is 120 Å². The first-order valence-corrected chi connectivity index (χ1v) is 14.3. The molecule has 0 aromatic heterocycles. The molecule has 4 rings (SSSR count). The van der Waals surface area contributed by atoms with Gasteiger partial charge in [-0.05, 0) is 0 Å². The van der Waals surface area contributed by atoms with Gasteiger partial charge in [0, 0.05) is 0 Å². The van der Waals surface area contributed by atoms with Gasteiger partial charge in [0.25, 0.3) is 0 Å². The Hall–Kier alpha value is -3.29. The van der Waals surface area contributed by atoms with Gasteiger partial charge < -0.3 is 0 Å². The monoisotopic (exact) mass is 485 g/mol. The average molecular weight is 486 g/mol. The van der Waals surface area contributed by atoms with Crippen LogP contribution < -0.4 is 21.2 Å². The van der Waals surface area contributed by atoms with Gasteiger partial charge in [0.15, 0.2) is 0 Å². The van der Waals surface area contributed by atoms with E-state index < -0.39 is 7.26 Å². The van der Waals surface area contributed by atoms with Gasteiger partial charge in [0.05, 0.1) is 0 Å². The van der Waals surface area contributed by atoms with Crippen molar-refractivity contribution in [1.29, 1.82) is 0 Å². The number of carbonyl (C=O) groups is 1. The molecule has 0 radical (unpaired) electrons. The van der Waals surface area contributed by atoms with Crippen LogP contribution in [-0.2, 0) is 4.79 Å². The van der Waals surface area contributed by atoms with Crippen molar-refractivity contribution in [2.24, 2.45) is 0 Å².